The Morgan fingerprint density at radius 2 is 2.04 bits per heavy atom. The number of carbonyl (C=O) groups is 1. The summed E-state index contributed by atoms with van der Waals surface area (Å²) in [7, 11) is 0. The van der Waals surface area contributed by atoms with Gasteiger partial charge in [-0.1, -0.05) is 31.4 Å². The smallest absolute Gasteiger partial charge is 0.227 e. The maximum absolute atomic E-state index is 11.9. The number of hydrogen-bond donors (Lipinski definition) is 2. The molecule has 3 rings (SSSR count). The minimum absolute atomic E-state index is 0.165. The van der Waals surface area contributed by atoms with E-state index in [1.165, 1.54) is 12.0 Å². The first-order valence-corrected chi connectivity index (χ1v) is 8.94. The lowest BCUT2D eigenvalue weighted by atomic mass is 9.84. The summed E-state index contributed by atoms with van der Waals surface area (Å²) in [6.07, 6.45) is 6.89. The van der Waals surface area contributed by atoms with Crippen LogP contribution in [0.5, 0.6) is 0 Å². The second-order valence-electron chi connectivity index (χ2n) is 7.13. The molecule has 1 amide bonds. The van der Waals surface area contributed by atoms with Crippen molar-refractivity contribution in [1.82, 2.24) is 5.32 Å². The van der Waals surface area contributed by atoms with Gasteiger partial charge < -0.3 is 15.3 Å². The number of amides is 1. The van der Waals surface area contributed by atoms with Gasteiger partial charge in [0.15, 0.2) is 0 Å². The highest BCUT2D eigenvalue weighted by molar-refractivity contribution is 5.95. The average molecular weight is 316 g/mol. The third-order valence-corrected chi connectivity index (χ3v) is 5.28. The highest BCUT2D eigenvalue weighted by Crippen LogP contribution is 2.29. The summed E-state index contributed by atoms with van der Waals surface area (Å²) in [6, 6.07) is 8.38. The molecule has 0 bridgehead atoms. The molecule has 1 unspecified atom stereocenters. The molecule has 23 heavy (non-hydrogen) atoms. The summed E-state index contributed by atoms with van der Waals surface area (Å²) < 4.78 is 0. The van der Waals surface area contributed by atoms with Crippen molar-refractivity contribution in [1.29, 1.82) is 0 Å². The van der Waals surface area contributed by atoms with Crippen molar-refractivity contribution in [3.05, 3.63) is 29.8 Å². The van der Waals surface area contributed by atoms with Crippen molar-refractivity contribution in [2.45, 2.75) is 63.5 Å². The second-order valence-corrected chi connectivity index (χ2v) is 7.13. The number of benzene rings is 1. The van der Waals surface area contributed by atoms with Crippen LogP contribution >= 0.6 is 0 Å². The van der Waals surface area contributed by atoms with Crippen LogP contribution in [0.3, 0.4) is 0 Å². The van der Waals surface area contributed by atoms with Crippen molar-refractivity contribution in [2.75, 3.05) is 18.0 Å². The first-order chi connectivity index (χ1) is 11.1. The number of aliphatic hydroxyl groups is 1. The van der Waals surface area contributed by atoms with E-state index in [4.69, 9.17) is 0 Å². The van der Waals surface area contributed by atoms with Crippen LogP contribution in [-0.2, 0) is 4.79 Å². The Morgan fingerprint density at radius 3 is 2.74 bits per heavy atom. The first-order valence-electron chi connectivity index (χ1n) is 8.94. The normalized spacial score (nSPS) is 22.3. The molecule has 1 atom stereocenters. The van der Waals surface area contributed by atoms with Crippen LogP contribution in [0, 0.1) is 0 Å². The molecule has 1 aromatic rings. The minimum Gasteiger partial charge on any atom is -0.389 e. The zero-order valence-electron chi connectivity index (χ0n) is 14.1. The quantitative estimate of drug-likeness (QED) is 0.877. The molecule has 2 aliphatic rings. The van der Waals surface area contributed by atoms with Crippen molar-refractivity contribution in [3.63, 3.8) is 0 Å². The number of hydrogen-bond acceptors (Lipinski definition) is 3. The number of anilines is 1. The molecular weight excluding hydrogens is 288 g/mol. The SMILES string of the molecule is CC(NCC1(O)CCCCC1)c1cccc(N2CCCC2=O)c1. The topological polar surface area (TPSA) is 52.6 Å². The molecule has 1 saturated heterocycles. The van der Waals surface area contributed by atoms with E-state index >= 15 is 0 Å². The van der Waals surface area contributed by atoms with Crippen LogP contribution in [0.25, 0.3) is 0 Å². The summed E-state index contributed by atoms with van der Waals surface area (Å²) in [6.45, 7) is 3.59. The Hall–Kier alpha value is -1.39. The molecule has 126 valence electrons. The Balaban J connectivity index is 1.63. The Kier molecular flexibility index (Phi) is 5.02. The van der Waals surface area contributed by atoms with Gasteiger partial charge in [0.1, 0.15) is 0 Å². The number of nitrogens with zero attached hydrogens (tertiary/aromatic N) is 1. The van der Waals surface area contributed by atoms with Gasteiger partial charge in [-0.3, -0.25) is 4.79 Å². The van der Waals surface area contributed by atoms with Gasteiger partial charge in [-0.05, 0) is 43.9 Å². The van der Waals surface area contributed by atoms with Crippen LogP contribution in [0.1, 0.15) is 63.5 Å². The lowest BCUT2D eigenvalue weighted by Gasteiger charge is -2.33. The fraction of sp³-hybridized carbons (Fsp3) is 0.632. The molecule has 0 radical (unpaired) electrons. The molecule has 1 aromatic carbocycles. The fourth-order valence-corrected chi connectivity index (χ4v) is 3.73. The summed E-state index contributed by atoms with van der Waals surface area (Å²) >= 11 is 0. The van der Waals surface area contributed by atoms with Gasteiger partial charge in [-0.15, -0.1) is 0 Å². The maximum atomic E-state index is 11.9. The van der Waals surface area contributed by atoms with E-state index in [-0.39, 0.29) is 11.9 Å². The molecule has 2 fully saturated rings. The third-order valence-electron chi connectivity index (χ3n) is 5.28. The van der Waals surface area contributed by atoms with E-state index in [2.05, 4.69) is 24.4 Å². The van der Waals surface area contributed by atoms with E-state index in [0.717, 1.165) is 44.3 Å². The maximum Gasteiger partial charge on any atom is 0.227 e. The zero-order valence-corrected chi connectivity index (χ0v) is 14.1. The van der Waals surface area contributed by atoms with E-state index in [1.807, 2.05) is 17.0 Å². The summed E-state index contributed by atoms with van der Waals surface area (Å²) in [5, 5.41) is 14.1. The number of rotatable bonds is 5. The Bertz CT molecular complexity index is 552. The lowest BCUT2D eigenvalue weighted by Crippen LogP contribution is -2.42. The summed E-state index contributed by atoms with van der Waals surface area (Å²) in [5.41, 5.74) is 1.62. The van der Waals surface area contributed by atoms with Crippen LogP contribution < -0.4 is 10.2 Å². The lowest BCUT2D eigenvalue weighted by molar-refractivity contribution is -0.117. The number of carbonyl (C=O) groups excluding carboxylic acids is 1. The van der Waals surface area contributed by atoms with E-state index in [0.29, 0.717) is 13.0 Å². The minimum atomic E-state index is -0.547. The second kappa shape index (κ2) is 7.02. The fourth-order valence-electron chi connectivity index (χ4n) is 3.73. The molecule has 4 nitrogen and oxygen atoms in total. The van der Waals surface area contributed by atoms with Crippen molar-refractivity contribution >= 4 is 11.6 Å². The summed E-state index contributed by atoms with van der Waals surface area (Å²) in [5.74, 6) is 0.222. The van der Waals surface area contributed by atoms with Gasteiger partial charge >= 0.3 is 0 Å². The van der Waals surface area contributed by atoms with Crippen LogP contribution in [-0.4, -0.2) is 29.7 Å². The van der Waals surface area contributed by atoms with Crippen LogP contribution in [0.2, 0.25) is 0 Å². The van der Waals surface area contributed by atoms with Gasteiger partial charge in [0, 0.05) is 31.2 Å². The third kappa shape index (κ3) is 3.93. The molecule has 0 aromatic heterocycles. The van der Waals surface area contributed by atoms with Crippen LogP contribution in [0.4, 0.5) is 5.69 Å². The predicted octanol–water partition coefficient (Wildman–Crippen LogP) is 3.16. The molecular formula is C19H28N2O2. The standard InChI is InChI=1S/C19H28N2O2/c1-15(20-14-19(23)10-3-2-4-11-19)16-7-5-8-17(13-16)21-12-6-9-18(21)22/h5,7-8,13,15,20,23H,2-4,6,9-12,14H2,1H3. The zero-order chi connectivity index (χ0) is 16.3. The largest absolute Gasteiger partial charge is 0.389 e. The Labute approximate surface area is 138 Å². The number of nitrogens with one attached hydrogen (secondary N) is 1. The van der Waals surface area contributed by atoms with Crippen molar-refractivity contribution in [2.24, 2.45) is 0 Å². The van der Waals surface area contributed by atoms with Crippen LogP contribution in [0.15, 0.2) is 24.3 Å². The van der Waals surface area contributed by atoms with E-state index in [9.17, 15) is 9.90 Å². The van der Waals surface area contributed by atoms with E-state index < -0.39 is 5.60 Å². The molecule has 1 aliphatic heterocycles. The van der Waals surface area contributed by atoms with Gasteiger partial charge in [-0.2, -0.15) is 0 Å². The van der Waals surface area contributed by atoms with Gasteiger partial charge in [0.05, 0.1) is 5.60 Å². The first kappa shape index (κ1) is 16.5. The monoisotopic (exact) mass is 316 g/mol. The summed E-state index contributed by atoms with van der Waals surface area (Å²) in [4.78, 5) is 13.8. The van der Waals surface area contributed by atoms with E-state index in [1.54, 1.807) is 0 Å². The molecule has 4 heteroatoms. The highest BCUT2D eigenvalue weighted by atomic mass is 16.3. The molecule has 1 heterocycles. The van der Waals surface area contributed by atoms with Crippen molar-refractivity contribution < 1.29 is 9.90 Å². The predicted molar refractivity (Wildman–Crippen MR) is 92.5 cm³/mol. The average Bonchev–Trinajstić information content (AvgIpc) is 3.00. The molecule has 0 spiro atoms. The van der Waals surface area contributed by atoms with Gasteiger partial charge in [0.2, 0.25) is 5.91 Å². The molecule has 2 N–H and O–H groups in total. The highest BCUT2D eigenvalue weighted by Gasteiger charge is 2.29. The van der Waals surface area contributed by atoms with Gasteiger partial charge in [0.25, 0.3) is 0 Å². The van der Waals surface area contributed by atoms with Crippen molar-refractivity contribution in [3.8, 4) is 0 Å². The molecule has 1 saturated carbocycles. The van der Waals surface area contributed by atoms with Gasteiger partial charge in [-0.25, -0.2) is 0 Å². The molecule has 1 aliphatic carbocycles. The Morgan fingerprint density at radius 1 is 1.26 bits per heavy atom.